The first-order chi connectivity index (χ1) is 12.4. The van der Waals surface area contributed by atoms with Crippen LogP contribution in [0.2, 0.25) is 0 Å². The lowest BCUT2D eigenvalue weighted by molar-refractivity contribution is -0.192. The number of carboxylic acid groups (broad SMARTS) is 1. The highest BCUT2D eigenvalue weighted by molar-refractivity contribution is 5.76. The van der Waals surface area contributed by atoms with Crippen molar-refractivity contribution in [2.75, 3.05) is 19.6 Å². The fourth-order valence-corrected chi connectivity index (χ4v) is 3.04. The minimum Gasteiger partial charge on any atom is -0.475 e. The van der Waals surface area contributed by atoms with Gasteiger partial charge in [-0.1, -0.05) is 0 Å². The van der Waals surface area contributed by atoms with E-state index < -0.39 is 12.1 Å². The molecular formula is C16H21F3N4O4. The fraction of sp³-hybridized carbons (Fsp3) is 0.500. The smallest absolute Gasteiger partial charge is 0.475 e. The Morgan fingerprint density at radius 3 is 2.19 bits per heavy atom. The topological polar surface area (TPSA) is 140 Å². The highest BCUT2D eigenvalue weighted by Gasteiger charge is 2.40. The molecule has 27 heavy (non-hydrogen) atoms. The maximum absolute atomic E-state index is 11.4. The summed E-state index contributed by atoms with van der Waals surface area (Å²) in [7, 11) is 0. The van der Waals surface area contributed by atoms with Crippen molar-refractivity contribution in [2.45, 2.75) is 25.4 Å². The summed E-state index contributed by atoms with van der Waals surface area (Å²) in [5, 5.41) is 7.12. The van der Waals surface area contributed by atoms with Crippen LogP contribution in [0, 0.1) is 5.41 Å². The minimum atomic E-state index is -5.08. The molecule has 1 aromatic heterocycles. The molecule has 0 saturated carbocycles. The van der Waals surface area contributed by atoms with Crippen LogP contribution in [0.3, 0.4) is 0 Å². The average Bonchev–Trinajstić information content (AvgIpc) is 2.88. The van der Waals surface area contributed by atoms with E-state index in [0.29, 0.717) is 13.0 Å². The molecule has 0 bridgehead atoms. The molecule has 150 valence electrons. The van der Waals surface area contributed by atoms with E-state index >= 15 is 0 Å². The Morgan fingerprint density at radius 1 is 1.19 bits per heavy atom. The zero-order chi connectivity index (χ0) is 20.7. The van der Waals surface area contributed by atoms with Gasteiger partial charge < -0.3 is 16.6 Å². The SMILES string of the molecule is NC(=O)CN1CCC(CC(N)=O)(Cc2ccncc2)C1.O=C(O)C(F)(F)F. The van der Waals surface area contributed by atoms with Gasteiger partial charge >= 0.3 is 12.1 Å². The first kappa shape index (κ1) is 22.4. The van der Waals surface area contributed by atoms with Crippen LogP contribution < -0.4 is 11.5 Å². The number of aliphatic carboxylic acids is 1. The quantitative estimate of drug-likeness (QED) is 0.639. The first-order valence-electron chi connectivity index (χ1n) is 7.91. The Hall–Kier alpha value is -2.69. The standard InChI is InChI=1S/C14H20N4O2.C2HF3O2/c15-12(19)8-14(7-11-1-4-17-5-2-11)3-6-18(10-14)9-13(16)20;3-2(4,5)1(6)7/h1-2,4-5H,3,6-10H2,(H2,15,19)(H2,16,20);(H,6,7). The molecule has 2 amide bonds. The molecule has 1 saturated heterocycles. The maximum atomic E-state index is 11.4. The third kappa shape index (κ3) is 8.03. The lowest BCUT2D eigenvalue weighted by Crippen LogP contribution is -2.37. The highest BCUT2D eigenvalue weighted by atomic mass is 19.4. The Labute approximate surface area is 153 Å². The number of hydrogen-bond acceptors (Lipinski definition) is 5. The largest absolute Gasteiger partial charge is 0.490 e. The molecule has 1 aliphatic heterocycles. The molecule has 8 nitrogen and oxygen atoms in total. The lowest BCUT2D eigenvalue weighted by atomic mass is 9.78. The molecule has 1 fully saturated rings. The van der Waals surface area contributed by atoms with E-state index in [-0.39, 0.29) is 23.8 Å². The number of nitrogens with two attached hydrogens (primary N) is 2. The second-order valence-corrected chi connectivity index (χ2v) is 6.41. The molecule has 0 aromatic carbocycles. The third-order valence-corrected chi connectivity index (χ3v) is 4.02. The number of carbonyl (C=O) groups is 3. The van der Waals surface area contributed by atoms with Crippen molar-refractivity contribution in [3.63, 3.8) is 0 Å². The summed E-state index contributed by atoms with van der Waals surface area (Å²) < 4.78 is 31.7. The number of primary amides is 2. The molecule has 11 heteroatoms. The van der Waals surface area contributed by atoms with E-state index in [1.165, 1.54) is 0 Å². The molecule has 5 N–H and O–H groups in total. The number of amides is 2. The average molecular weight is 390 g/mol. The number of alkyl halides is 3. The van der Waals surface area contributed by atoms with Crippen molar-refractivity contribution < 1.29 is 32.7 Å². The van der Waals surface area contributed by atoms with Crippen molar-refractivity contribution in [2.24, 2.45) is 16.9 Å². The summed E-state index contributed by atoms with van der Waals surface area (Å²) in [6.07, 6.45) is 0.316. The Bertz CT molecular complexity index is 669. The van der Waals surface area contributed by atoms with Crippen LogP contribution in [-0.2, 0) is 20.8 Å². The van der Waals surface area contributed by atoms with E-state index in [2.05, 4.69) is 4.98 Å². The summed E-state index contributed by atoms with van der Waals surface area (Å²) in [6, 6.07) is 3.89. The van der Waals surface area contributed by atoms with Crippen LogP contribution >= 0.6 is 0 Å². The normalized spacial score (nSPS) is 19.8. The number of likely N-dealkylation sites (tertiary alicyclic amines) is 1. The highest BCUT2D eigenvalue weighted by Crippen LogP contribution is 2.37. The van der Waals surface area contributed by atoms with Gasteiger partial charge in [0.15, 0.2) is 0 Å². The van der Waals surface area contributed by atoms with Gasteiger partial charge in [-0.2, -0.15) is 13.2 Å². The molecular weight excluding hydrogens is 369 g/mol. The number of rotatable bonds is 6. The number of nitrogens with zero attached hydrogens (tertiary/aromatic N) is 2. The van der Waals surface area contributed by atoms with Gasteiger partial charge in [-0.05, 0) is 42.5 Å². The van der Waals surface area contributed by atoms with Crippen molar-refractivity contribution >= 4 is 17.8 Å². The molecule has 1 atom stereocenters. The van der Waals surface area contributed by atoms with Crippen molar-refractivity contribution in [1.29, 1.82) is 0 Å². The van der Waals surface area contributed by atoms with Crippen LogP contribution in [0.1, 0.15) is 18.4 Å². The summed E-state index contributed by atoms with van der Waals surface area (Å²) in [5.74, 6) is -3.41. The summed E-state index contributed by atoms with van der Waals surface area (Å²) >= 11 is 0. The summed E-state index contributed by atoms with van der Waals surface area (Å²) in [6.45, 7) is 1.67. The van der Waals surface area contributed by atoms with E-state index in [0.717, 1.165) is 24.9 Å². The molecule has 1 aromatic rings. The predicted octanol–water partition coefficient (Wildman–Crippen LogP) is 0.310. The van der Waals surface area contributed by atoms with Crippen molar-refractivity contribution in [3.8, 4) is 0 Å². The second-order valence-electron chi connectivity index (χ2n) is 6.41. The third-order valence-electron chi connectivity index (χ3n) is 4.02. The van der Waals surface area contributed by atoms with Crippen molar-refractivity contribution in [3.05, 3.63) is 30.1 Å². The Morgan fingerprint density at radius 2 is 1.74 bits per heavy atom. The molecule has 2 rings (SSSR count). The van der Waals surface area contributed by atoms with Gasteiger partial charge in [-0.3, -0.25) is 19.5 Å². The van der Waals surface area contributed by atoms with Crippen LogP contribution in [-0.4, -0.2) is 58.6 Å². The second kappa shape index (κ2) is 9.31. The summed E-state index contributed by atoms with van der Waals surface area (Å²) in [4.78, 5) is 37.3. The van der Waals surface area contributed by atoms with E-state index in [1.54, 1.807) is 12.4 Å². The van der Waals surface area contributed by atoms with Gasteiger partial charge in [-0.25, -0.2) is 4.79 Å². The van der Waals surface area contributed by atoms with Gasteiger partial charge in [0, 0.05) is 25.4 Å². The molecule has 0 radical (unpaired) electrons. The molecule has 0 spiro atoms. The van der Waals surface area contributed by atoms with Crippen molar-refractivity contribution in [1.82, 2.24) is 9.88 Å². The van der Waals surface area contributed by atoms with Gasteiger partial charge in [-0.15, -0.1) is 0 Å². The Balaban J connectivity index is 0.000000445. The van der Waals surface area contributed by atoms with Gasteiger partial charge in [0.25, 0.3) is 0 Å². The number of carbonyl (C=O) groups excluding carboxylic acids is 2. The lowest BCUT2D eigenvalue weighted by Gasteiger charge is -2.28. The van der Waals surface area contributed by atoms with Crippen LogP contribution in [0.25, 0.3) is 0 Å². The monoisotopic (exact) mass is 390 g/mol. The molecule has 2 heterocycles. The van der Waals surface area contributed by atoms with E-state index in [9.17, 15) is 22.8 Å². The van der Waals surface area contributed by atoms with Crippen LogP contribution in [0.4, 0.5) is 13.2 Å². The minimum absolute atomic E-state index is 0.206. The zero-order valence-corrected chi connectivity index (χ0v) is 14.4. The number of aromatic nitrogens is 1. The molecule has 0 aliphatic carbocycles. The fourth-order valence-electron chi connectivity index (χ4n) is 3.04. The molecule has 1 aliphatic rings. The maximum Gasteiger partial charge on any atom is 0.490 e. The summed E-state index contributed by atoms with van der Waals surface area (Å²) in [5.41, 5.74) is 11.6. The molecule has 1 unspecified atom stereocenters. The van der Waals surface area contributed by atoms with E-state index in [4.69, 9.17) is 21.4 Å². The van der Waals surface area contributed by atoms with Gasteiger partial charge in [0.05, 0.1) is 6.54 Å². The van der Waals surface area contributed by atoms with Crippen LogP contribution in [0.15, 0.2) is 24.5 Å². The number of carboxylic acids is 1. The van der Waals surface area contributed by atoms with Crippen LogP contribution in [0.5, 0.6) is 0 Å². The first-order valence-corrected chi connectivity index (χ1v) is 7.91. The number of hydrogen-bond donors (Lipinski definition) is 3. The van der Waals surface area contributed by atoms with Gasteiger partial charge in [0.2, 0.25) is 11.8 Å². The predicted molar refractivity (Wildman–Crippen MR) is 88.1 cm³/mol. The van der Waals surface area contributed by atoms with E-state index in [1.807, 2.05) is 17.0 Å². The number of pyridine rings is 1. The Kier molecular flexibility index (Phi) is 7.70. The van der Waals surface area contributed by atoms with Gasteiger partial charge in [0.1, 0.15) is 0 Å². The number of halogens is 3. The zero-order valence-electron chi connectivity index (χ0n) is 14.4.